The van der Waals surface area contributed by atoms with E-state index in [1.165, 1.54) is 0 Å². The maximum absolute atomic E-state index is 11.3. The second-order valence-corrected chi connectivity index (χ2v) is 4.69. The molecule has 0 amide bonds. The first-order valence-electron chi connectivity index (χ1n) is 6.01. The first-order valence-corrected chi connectivity index (χ1v) is 6.39. The van der Waals surface area contributed by atoms with Crippen molar-refractivity contribution in [2.45, 2.75) is 19.4 Å². The zero-order valence-corrected chi connectivity index (χ0v) is 11.0. The number of hydrogen-bond donors (Lipinski definition) is 1. The number of anilines is 1. The highest BCUT2D eigenvalue weighted by Crippen LogP contribution is 2.29. The summed E-state index contributed by atoms with van der Waals surface area (Å²) in [6, 6.07) is 5.18. The first-order chi connectivity index (χ1) is 8.63. The Bertz CT molecular complexity index is 450. The number of nitrogens with zero attached hydrogens (tertiary/aromatic N) is 1. The van der Waals surface area contributed by atoms with Crippen LogP contribution >= 0.6 is 11.6 Å². The van der Waals surface area contributed by atoms with Crippen molar-refractivity contribution in [1.29, 1.82) is 0 Å². The Morgan fingerprint density at radius 1 is 1.61 bits per heavy atom. The minimum atomic E-state index is -0.991. The normalized spacial score (nSPS) is 19.9. The number of aromatic carboxylic acids is 1. The molecule has 0 bridgehead atoms. The minimum absolute atomic E-state index is 0.152. The lowest BCUT2D eigenvalue weighted by Gasteiger charge is -2.35. The lowest BCUT2D eigenvalue weighted by atomic mass is 10.1. The van der Waals surface area contributed by atoms with Gasteiger partial charge in [0.05, 0.1) is 23.4 Å². The molecule has 1 unspecified atom stereocenters. The van der Waals surface area contributed by atoms with Gasteiger partial charge in [0.1, 0.15) is 5.56 Å². The standard InChI is InChI=1S/C13H16ClNO3/c1-2-9-8-15(6-7-18-9)11-5-3-4-10(14)12(11)13(16)17/h3-5,9H,2,6-8H2,1H3,(H,16,17). The van der Waals surface area contributed by atoms with Gasteiger partial charge in [-0.25, -0.2) is 4.79 Å². The van der Waals surface area contributed by atoms with Gasteiger partial charge < -0.3 is 14.7 Å². The van der Waals surface area contributed by atoms with Gasteiger partial charge in [0.2, 0.25) is 0 Å². The van der Waals surface area contributed by atoms with Crippen molar-refractivity contribution >= 4 is 23.3 Å². The second-order valence-electron chi connectivity index (χ2n) is 4.29. The topological polar surface area (TPSA) is 49.8 Å². The molecule has 18 heavy (non-hydrogen) atoms. The van der Waals surface area contributed by atoms with Gasteiger partial charge in [-0.05, 0) is 18.6 Å². The van der Waals surface area contributed by atoms with Crippen LogP contribution in [0, 0.1) is 0 Å². The van der Waals surface area contributed by atoms with Gasteiger partial charge in [0.15, 0.2) is 0 Å². The number of carboxylic acid groups (broad SMARTS) is 1. The van der Waals surface area contributed by atoms with E-state index < -0.39 is 5.97 Å². The molecule has 1 heterocycles. The van der Waals surface area contributed by atoms with Crippen LogP contribution in [-0.4, -0.2) is 36.9 Å². The number of hydrogen-bond acceptors (Lipinski definition) is 3. The van der Waals surface area contributed by atoms with Crippen LogP contribution in [0.15, 0.2) is 18.2 Å². The number of carboxylic acids is 1. The fourth-order valence-corrected chi connectivity index (χ4v) is 2.42. The van der Waals surface area contributed by atoms with Crippen LogP contribution in [0.5, 0.6) is 0 Å². The Balaban J connectivity index is 2.32. The SMILES string of the molecule is CCC1CN(c2cccc(Cl)c2C(=O)O)CCO1. The smallest absolute Gasteiger partial charge is 0.339 e. The van der Waals surface area contributed by atoms with Crippen molar-refractivity contribution < 1.29 is 14.6 Å². The summed E-state index contributed by atoms with van der Waals surface area (Å²) in [6.45, 7) is 4.07. The Morgan fingerprint density at radius 3 is 3.06 bits per heavy atom. The van der Waals surface area contributed by atoms with Crippen molar-refractivity contribution in [3.8, 4) is 0 Å². The third-order valence-electron chi connectivity index (χ3n) is 3.14. The van der Waals surface area contributed by atoms with E-state index in [4.69, 9.17) is 16.3 Å². The molecule has 5 heteroatoms. The highest BCUT2D eigenvalue weighted by molar-refractivity contribution is 6.34. The molecule has 0 spiro atoms. The van der Waals surface area contributed by atoms with Crippen LogP contribution in [0.25, 0.3) is 0 Å². The van der Waals surface area contributed by atoms with Crippen molar-refractivity contribution in [3.63, 3.8) is 0 Å². The lowest BCUT2D eigenvalue weighted by Crippen LogP contribution is -2.42. The van der Waals surface area contributed by atoms with Gasteiger partial charge in [-0.3, -0.25) is 0 Å². The third-order valence-corrected chi connectivity index (χ3v) is 3.46. The monoisotopic (exact) mass is 269 g/mol. The molecule has 98 valence electrons. The summed E-state index contributed by atoms with van der Waals surface area (Å²) in [5, 5.41) is 9.54. The summed E-state index contributed by atoms with van der Waals surface area (Å²) < 4.78 is 5.59. The Morgan fingerprint density at radius 2 is 2.39 bits per heavy atom. The zero-order chi connectivity index (χ0) is 13.1. The van der Waals surface area contributed by atoms with Gasteiger partial charge in [-0.1, -0.05) is 24.6 Å². The molecule has 1 aliphatic heterocycles. The fourth-order valence-electron chi connectivity index (χ4n) is 2.17. The van der Waals surface area contributed by atoms with Gasteiger partial charge >= 0.3 is 5.97 Å². The summed E-state index contributed by atoms with van der Waals surface area (Å²) in [5.41, 5.74) is 0.854. The Labute approximate surface area is 111 Å². The minimum Gasteiger partial charge on any atom is -0.478 e. The third kappa shape index (κ3) is 2.60. The van der Waals surface area contributed by atoms with Crippen LogP contribution in [0.2, 0.25) is 5.02 Å². The number of ether oxygens (including phenoxy) is 1. The number of benzene rings is 1. The van der Waals surface area contributed by atoms with Crippen LogP contribution in [0.1, 0.15) is 23.7 Å². The molecular weight excluding hydrogens is 254 g/mol. The largest absolute Gasteiger partial charge is 0.478 e. The second kappa shape index (κ2) is 5.59. The number of rotatable bonds is 3. The van der Waals surface area contributed by atoms with Crippen molar-refractivity contribution in [2.24, 2.45) is 0 Å². The lowest BCUT2D eigenvalue weighted by molar-refractivity contribution is 0.0382. The molecule has 4 nitrogen and oxygen atoms in total. The van der Waals surface area contributed by atoms with Crippen molar-refractivity contribution in [3.05, 3.63) is 28.8 Å². The summed E-state index contributed by atoms with van der Waals surface area (Å²) >= 11 is 5.98. The molecule has 1 fully saturated rings. The maximum Gasteiger partial charge on any atom is 0.339 e. The highest BCUT2D eigenvalue weighted by Gasteiger charge is 2.24. The maximum atomic E-state index is 11.3. The van der Waals surface area contributed by atoms with E-state index >= 15 is 0 Å². The quantitative estimate of drug-likeness (QED) is 0.917. The molecule has 0 aliphatic carbocycles. The average molecular weight is 270 g/mol. The van der Waals surface area contributed by atoms with Gasteiger partial charge in [-0.15, -0.1) is 0 Å². The van der Waals surface area contributed by atoms with E-state index in [-0.39, 0.29) is 16.7 Å². The van der Waals surface area contributed by atoms with Crippen LogP contribution < -0.4 is 4.90 Å². The van der Waals surface area contributed by atoms with Crippen LogP contribution in [-0.2, 0) is 4.74 Å². The fraction of sp³-hybridized carbons (Fsp3) is 0.462. The molecule has 1 aliphatic rings. The van der Waals surface area contributed by atoms with E-state index in [0.29, 0.717) is 25.4 Å². The Hall–Kier alpha value is -1.26. The van der Waals surface area contributed by atoms with E-state index in [2.05, 4.69) is 6.92 Å². The van der Waals surface area contributed by atoms with Crippen molar-refractivity contribution in [2.75, 3.05) is 24.6 Å². The number of morpholine rings is 1. The molecule has 2 rings (SSSR count). The predicted octanol–water partition coefficient (Wildman–Crippen LogP) is 2.65. The molecule has 1 aromatic rings. The molecule has 0 radical (unpaired) electrons. The van der Waals surface area contributed by atoms with E-state index in [1.54, 1.807) is 18.2 Å². The average Bonchev–Trinajstić information content (AvgIpc) is 2.38. The van der Waals surface area contributed by atoms with Crippen LogP contribution in [0.4, 0.5) is 5.69 Å². The van der Waals surface area contributed by atoms with Crippen molar-refractivity contribution in [1.82, 2.24) is 0 Å². The summed E-state index contributed by atoms with van der Waals surface area (Å²) in [7, 11) is 0. The summed E-state index contributed by atoms with van der Waals surface area (Å²) in [5.74, 6) is -0.991. The number of carbonyl (C=O) groups is 1. The first kappa shape index (κ1) is 13.2. The molecule has 1 atom stereocenters. The molecule has 1 aromatic carbocycles. The Kier molecular flexibility index (Phi) is 4.09. The van der Waals surface area contributed by atoms with E-state index in [9.17, 15) is 9.90 Å². The van der Waals surface area contributed by atoms with Gasteiger partial charge in [0, 0.05) is 13.1 Å². The van der Waals surface area contributed by atoms with E-state index in [1.807, 2.05) is 4.90 Å². The van der Waals surface area contributed by atoms with E-state index in [0.717, 1.165) is 6.42 Å². The summed E-state index contributed by atoms with van der Waals surface area (Å²) in [6.07, 6.45) is 1.07. The summed E-state index contributed by atoms with van der Waals surface area (Å²) in [4.78, 5) is 13.3. The molecule has 1 N–H and O–H groups in total. The molecule has 1 saturated heterocycles. The van der Waals surface area contributed by atoms with Crippen LogP contribution in [0.3, 0.4) is 0 Å². The number of halogens is 1. The zero-order valence-electron chi connectivity index (χ0n) is 10.2. The molecular formula is C13H16ClNO3. The highest BCUT2D eigenvalue weighted by atomic mass is 35.5. The van der Waals surface area contributed by atoms with Gasteiger partial charge in [0.25, 0.3) is 0 Å². The molecule has 0 aromatic heterocycles. The molecule has 0 saturated carbocycles. The predicted molar refractivity (Wildman–Crippen MR) is 70.7 cm³/mol. The van der Waals surface area contributed by atoms with Gasteiger partial charge in [-0.2, -0.15) is 0 Å².